The standard InChI is InChI=1S/C24H29N3O3S/c1-17-7-9-18(10-8-17)23(28)27(14-6-13-26(2)3)24-25-21(16-31-24)20-15-19(29-4)11-12-22(20)30-5/h7-12,15-16H,6,13-14H2,1-5H3. The lowest BCUT2D eigenvalue weighted by atomic mass is 10.1. The van der Waals surface area contributed by atoms with E-state index < -0.39 is 0 Å². The molecule has 0 aliphatic carbocycles. The van der Waals surface area contributed by atoms with Gasteiger partial charge in [0.25, 0.3) is 5.91 Å². The molecule has 3 rings (SSSR count). The molecule has 0 saturated heterocycles. The molecule has 0 unspecified atom stereocenters. The summed E-state index contributed by atoms with van der Waals surface area (Å²) in [6.45, 7) is 3.49. The molecule has 0 bridgehead atoms. The van der Waals surface area contributed by atoms with E-state index in [4.69, 9.17) is 14.5 Å². The van der Waals surface area contributed by atoms with Gasteiger partial charge in [0.2, 0.25) is 0 Å². The molecule has 6 nitrogen and oxygen atoms in total. The van der Waals surface area contributed by atoms with E-state index in [2.05, 4.69) is 4.90 Å². The minimum atomic E-state index is -0.0442. The number of carbonyl (C=O) groups is 1. The molecule has 0 fully saturated rings. The first kappa shape index (κ1) is 22.8. The molecule has 2 aromatic carbocycles. The van der Waals surface area contributed by atoms with E-state index in [1.54, 1.807) is 19.1 Å². The molecule has 0 atom stereocenters. The molecule has 0 spiro atoms. The Labute approximate surface area is 188 Å². The Hall–Kier alpha value is -2.90. The molecule has 3 aromatic rings. The number of aryl methyl sites for hydroxylation is 1. The van der Waals surface area contributed by atoms with Crippen molar-refractivity contribution in [2.75, 3.05) is 46.3 Å². The third kappa shape index (κ3) is 5.62. The minimum Gasteiger partial charge on any atom is -0.497 e. The van der Waals surface area contributed by atoms with Crippen LogP contribution in [-0.4, -0.2) is 57.2 Å². The molecule has 0 radical (unpaired) electrons. The normalized spacial score (nSPS) is 10.9. The van der Waals surface area contributed by atoms with Crippen LogP contribution in [0.15, 0.2) is 47.8 Å². The van der Waals surface area contributed by atoms with Gasteiger partial charge in [-0.1, -0.05) is 17.7 Å². The van der Waals surface area contributed by atoms with Gasteiger partial charge in [-0.05, 0) is 64.3 Å². The monoisotopic (exact) mass is 439 g/mol. The van der Waals surface area contributed by atoms with Crippen LogP contribution < -0.4 is 14.4 Å². The van der Waals surface area contributed by atoms with Crippen molar-refractivity contribution < 1.29 is 14.3 Å². The molecule has 0 aliphatic rings. The fourth-order valence-electron chi connectivity index (χ4n) is 3.21. The van der Waals surface area contributed by atoms with Crippen molar-refractivity contribution >= 4 is 22.4 Å². The first-order chi connectivity index (χ1) is 14.9. The number of ether oxygens (including phenoxy) is 2. The predicted octanol–water partition coefficient (Wildman–Crippen LogP) is 4.73. The first-order valence-corrected chi connectivity index (χ1v) is 11.0. The average Bonchev–Trinajstić information content (AvgIpc) is 3.26. The Morgan fingerprint density at radius 3 is 2.42 bits per heavy atom. The smallest absolute Gasteiger partial charge is 0.260 e. The Morgan fingerprint density at radius 1 is 1.03 bits per heavy atom. The highest BCUT2D eigenvalue weighted by Crippen LogP contribution is 2.36. The van der Waals surface area contributed by atoms with Gasteiger partial charge in [-0.3, -0.25) is 9.69 Å². The lowest BCUT2D eigenvalue weighted by Gasteiger charge is -2.21. The van der Waals surface area contributed by atoms with Gasteiger partial charge in [0.15, 0.2) is 5.13 Å². The van der Waals surface area contributed by atoms with Crippen molar-refractivity contribution in [1.29, 1.82) is 0 Å². The van der Waals surface area contributed by atoms with Crippen molar-refractivity contribution in [1.82, 2.24) is 9.88 Å². The predicted molar refractivity (Wildman–Crippen MR) is 127 cm³/mol. The van der Waals surface area contributed by atoms with Crippen LogP contribution >= 0.6 is 11.3 Å². The topological polar surface area (TPSA) is 54.9 Å². The molecule has 7 heteroatoms. The maximum Gasteiger partial charge on any atom is 0.260 e. The molecule has 1 aromatic heterocycles. The number of amides is 1. The second-order valence-corrected chi connectivity index (χ2v) is 8.40. The lowest BCUT2D eigenvalue weighted by Crippen LogP contribution is -2.33. The Kier molecular flexibility index (Phi) is 7.65. The van der Waals surface area contributed by atoms with E-state index in [1.165, 1.54) is 11.3 Å². The van der Waals surface area contributed by atoms with Crippen molar-refractivity contribution in [3.63, 3.8) is 0 Å². The second-order valence-electron chi connectivity index (χ2n) is 7.56. The van der Waals surface area contributed by atoms with Crippen LogP contribution in [0.4, 0.5) is 5.13 Å². The zero-order chi connectivity index (χ0) is 22.4. The number of rotatable bonds is 9. The van der Waals surface area contributed by atoms with Crippen LogP contribution in [0.25, 0.3) is 11.3 Å². The number of nitrogens with zero attached hydrogens (tertiary/aromatic N) is 3. The van der Waals surface area contributed by atoms with Crippen LogP contribution in [0.5, 0.6) is 11.5 Å². The number of aromatic nitrogens is 1. The maximum absolute atomic E-state index is 13.3. The summed E-state index contributed by atoms with van der Waals surface area (Å²) in [5, 5.41) is 2.62. The zero-order valence-electron chi connectivity index (χ0n) is 18.7. The average molecular weight is 440 g/mol. The summed E-state index contributed by atoms with van der Waals surface area (Å²) in [5.41, 5.74) is 3.37. The molecule has 31 heavy (non-hydrogen) atoms. The summed E-state index contributed by atoms with van der Waals surface area (Å²) in [5.74, 6) is 1.39. The van der Waals surface area contributed by atoms with Gasteiger partial charge in [0, 0.05) is 23.1 Å². The van der Waals surface area contributed by atoms with Crippen LogP contribution in [0.2, 0.25) is 0 Å². The molecule has 0 aliphatic heterocycles. The van der Waals surface area contributed by atoms with E-state index in [0.717, 1.165) is 35.5 Å². The number of methoxy groups -OCH3 is 2. The highest BCUT2D eigenvalue weighted by atomic mass is 32.1. The maximum atomic E-state index is 13.3. The SMILES string of the molecule is COc1ccc(OC)c(-c2csc(N(CCCN(C)C)C(=O)c3ccc(C)cc3)n2)c1. The second kappa shape index (κ2) is 10.4. The Balaban J connectivity index is 1.94. The number of thiazole rings is 1. The molecular formula is C24H29N3O3S. The first-order valence-electron chi connectivity index (χ1n) is 10.1. The van der Waals surface area contributed by atoms with Crippen LogP contribution in [0.1, 0.15) is 22.3 Å². The summed E-state index contributed by atoms with van der Waals surface area (Å²) >= 11 is 1.45. The van der Waals surface area contributed by atoms with Crippen molar-refractivity contribution in [2.24, 2.45) is 0 Å². The number of hydrogen-bond acceptors (Lipinski definition) is 6. The minimum absolute atomic E-state index is 0.0442. The Morgan fingerprint density at radius 2 is 1.77 bits per heavy atom. The number of anilines is 1. The van der Waals surface area contributed by atoms with Gasteiger partial charge in [-0.15, -0.1) is 11.3 Å². The van der Waals surface area contributed by atoms with Gasteiger partial charge in [0.05, 0.1) is 19.9 Å². The molecule has 0 saturated carbocycles. The third-order valence-corrected chi connectivity index (χ3v) is 5.80. The van der Waals surface area contributed by atoms with E-state index >= 15 is 0 Å². The summed E-state index contributed by atoms with van der Waals surface area (Å²) < 4.78 is 10.9. The Bertz CT molecular complexity index is 1020. The van der Waals surface area contributed by atoms with Gasteiger partial charge < -0.3 is 14.4 Å². The number of hydrogen-bond donors (Lipinski definition) is 0. The fraction of sp³-hybridized carbons (Fsp3) is 0.333. The summed E-state index contributed by atoms with van der Waals surface area (Å²) in [6.07, 6.45) is 0.849. The molecular weight excluding hydrogens is 410 g/mol. The highest BCUT2D eigenvalue weighted by molar-refractivity contribution is 7.14. The largest absolute Gasteiger partial charge is 0.497 e. The third-order valence-electron chi connectivity index (χ3n) is 4.94. The van der Waals surface area contributed by atoms with Crippen molar-refractivity contribution in [3.8, 4) is 22.8 Å². The van der Waals surface area contributed by atoms with E-state index in [0.29, 0.717) is 23.0 Å². The number of carbonyl (C=O) groups excluding carboxylic acids is 1. The van der Waals surface area contributed by atoms with Gasteiger partial charge >= 0.3 is 0 Å². The number of benzene rings is 2. The lowest BCUT2D eigenvalue weighted by molar-refractivity contribution is 0.0986. The van der Waals surface area contributed by atoms with Gasteiger partial charge in [-0.25, -0.2) is 4.98 Å². The molecule has 1 heterocycles. The summed E-state index contributed by atoms with van der Waals surface area (Å²) in [6, 6.07) is 13.3. The summed E-state index contributed by atoms with van der Waals surface area (Å²) in [4.78, 5) is 22.0. The van der Waals surface area contributed by atoms with Gasteiger partial charge in [0.1, 0.15) is 11.5 Å². The quantitative estimate of drug-likeness (QED) is 0.482. The van der Waals surface area contributed by atoms with Gasteiger partial charge in [-0.2, -0.15) is 0 Å². The highest BCUT2D eigenvalue weighted by Gasteiger charge is 2.22. The van der Waals surface area contributed by atoms with Crippen LogP contribution in [0.3, 0.4) is 0 Å². The van der Waals surface area contributed by atoms with E-state index in [9.17, 15) is 4.79 Å². The summed E-state index contributed by atoms with van der Waals surface area (Å²) in [7, 11) is 7.32. The van der Waals surface area contributed by atoms with Crippen LogP contribution in [-0.2, 0) is 0 Å². The molecule has 0 N–H and O–H groups in total. The van der Waals surface area contributed by atoms with E-state index in [-0.39, 0.29) is 5.91 Å². The van der Waals surface area contributed by atoms with Crippen LogP contribution in [0, 0.1) is 6.92 Å². The zero-order valence-corrected chi connectivity index (χ0v) is 19.5. The molecule has 164 valence electrons. The van der Waals surface area contributed by atoms with Crippen molar-refractivity contribution in [2.45, 2.75) is 13.3 Å². The fourth-order valence-corrected chi connectivity index (χ4v) is 4.06. The van der Waals surface area contributed by atoms with Crippen molar-refractivity contribution in [3.05, 3.63) is 59.0 Å². The van der Waals surface area contributed by atoms with E-state index in [1.807, 2.05) is 68.9 Å². The molecule has 1 amide bonds.